The summed E-state index contributed by atoms with van der Waals surface area (Å²) in [6.07, 6.45) is 0.477. The first-order valence-corrected chi connectivity index (χ1v) is 6.25. The van der Waals surface area contributed by atoms with E-state index in [1.54, 1.807) is 25.2 Å². The van der Waals surface area contributed by atoms with Crippen molar-refractivity contribution in [2.45, 2.75) is 13.0 Å². The van der Waals surface area contributed by atoms with E-state index in [1.807, 2.05) is 0 Å². The normalized spacial score (nSPS) is 10.2. The highest BCUT2D eigenvalue weighted by atomic mass is 32.1. The highest BCUT2D eigenvalue weighted by Gasteiger charge is 2.09. The van der Waals surface area contributed by atoms with Crippen LogP contribution in [0.1, 0.15) is 12.0 Å². The van der Waals surface area contributed by atoms with Crippen LogP contribution in [0.5, 0.6) is 0 Å². The van der Waals surface area contributed by atoms with E-state index in [9.17, 15) is 9.18 Å². The number of nitrogens with two attached hydrogens (primary N) is 1. The Morgan fingerprint density at radius 2 is 2.16 bits per heavy atom. The second kappa shape index (κ2) is 7.81. The molecule has 19 heavy (non-hydrogen) atoms. The van der Waals surface area contributed by atoms with E-state index >= 15 is 0 Å². The van der Waals surface area contributed by atoms with E-state index in [4.69, 9.17) is 22.7 Å². The summed E-state index contributed by atoms with van der Waals surface area (Å²) in [4.78, 5) is 13.5. The molecule has 0 unspecified atom stereocenters. The number of amides is 1. The molecule has 0 saturated carbocycles. The first-order valence-electron chi connectivity index (χ1n) is 5.84. The number of ether oxygens (including phenoxy) is 1. The fourth-order valence-electron chi connectivity index (χ4n) is 1.38. The summed E-state index contributed by atoms with van der Waals surface area (Å²) in [6.45, 7) is 0.431. The topological polar surface area (TPSA) is 55.6 Å². The molecule has 0 saturated heterocycles. The van der Waals surface area contributed by atoms with E-state index in [2.05, 4.69) is 0 Å². The van der Waals surface area contributed by atoms with Crippen molar-refractivity contribution >= 4 is 23.1 Å². The van der Waals surface area contributed by atoms with Crippen LogP contribution < -0.4 is 5.73 Å². The molecule has 0 aromatic heterocycles. The standard InChI is InChI=1S/C13H17FN2O2S/c1-16(7-6-12(15)19)13(17)9-18-8-10-4-2-3-5-11(10)14/h2-5H,6-9H2,1H3,(H2,15,19). The minimum Gasteiger partial charge on any atom is -0.393 e. The molecule has 0 heterocycles. The van der Waals surface area contributed by atoms with E-state index in [-0.39, 0.29) is 24.9 Å². The average Bonchev–Trinajstić information content (AvgIpc) is 2.38. The molecule has 1 aromatic rings. The molecule has 0 aliphatic rings. The second-order valence-electron chi connectivity index (χ2n) is 4.12. The monoisotopic (exact) mass is 284 g/mol. The number of hydrogen-bond donors (Lipinski definition) is 1. The van der Waals surface area contributed by atoms with Gasteiger partial charge in [0.05, 0.1) is 11.6 Å². The summed E-state index contributed by atoms with van der Waals surface area (Å²) in [5.41, 5.74) is 5.79. The summed E-state index contributed by atoms with van der Waals surface area (Å²) < 4.78 is 18.5. The number of carbonyl (C=O) groups is 1. The summed E-state index contributed by atoms with van der Waals surface area (Å²) in [5.74, 6) is -0.524. The summed E-state index contributed by atoms with van der Waals surface area (Å²) >= 11 is 4.73. The predicted octanol–water partition coefficient (Wildman–Crippen LogP) is 1.48. The molecule has 0 fully saturated rings. The third-order valence-corrected chi connectivity index (χ3v) is 2.76. The lowest BCUT2D eigenvalue weighted by atomic mass is 10.2. The molecule has 0 radical (unpaired) electrons. The number of rotatable bonds is 7. The Morgan fingerprint density at radius 3 is 2.79 bits per heavy atom. The van der Waals surface area contributed by atoms with Crippen LogP contribution in [0.15, 0.2) is 24.3 Å². The average molecular weight is 284 g/mol. The van der Waals surface area contributed by atoms with E-state index in [0.717, 1.165) is 0 Å². The van der Waals surface area contributed by atoms with E-state index < -0.39 is 0 Å². The number of nitrogens with zero attached hydrogens (tertiary/aromatic N) is 1. The van der Waals surface area contributed by atoms with Gasteiger partial charge in [0.15, 0.2) is 0 Å². The summed E-state index contributed by atoms with van der Waals surface area (Å²) in [7, 11) is 1.65. The van der Waals surface area contributed by atoms with Gasteiger partial charge < -0.3 is 15.4 Å². The number of benzene rings is 1. The lowest BCUT2D eigenvalue weighted by Crippen LogP contribution is -2.32. The molecule has 1 aromatic carbocycles. The van der Waals surface area contributed by atoms with Crippen LogP contribution in [0, 0.1) is 5.82 Å². The van der Waals surface area contributed by atoms with Crippen LogP contribution in [0.2, 0.25) is 0 Å². The zero-order chi connectivity index (χ0) is 14.3. The van der Waals surface area contributed by atoms with Gasteiger partial charge in [-0.05, 0) is 6.07 Å². The third-order valence-electron chi connectivity index (χ3n) is 2.56. The SMILES string of the molecule is CN(CCC(N)=S)C(=O)COCc1ccccc1F. The van der Waals surface area contributed by atoms with Crippen LogP contribution in [0.4, 0.5) is 4.39 Å². The minimum atomic E-state index is -0.336. The molecule has 0 aliphatic carbocycles. The van der Waals surface area contributed by atoms with Crippen LogP contribution in [-0.2, 0) is 16.1 Å². The van der Waals surface area contributed by atoms with Crippen LogP contribution >= 0.6 is 12.2 Å². The maximum Gasteiger partial charge on any atom is 0.248 e. The molecule has 1 amide bonds. The van der Waals surface area contributed by atoms with Crippen molar-refractivity contribution in [2.24, 2.45) is 5.73 Å². The van der Waals surface area contributed by atoms with Gasteiger partial charge in [0.25, 0.3) is 0 Å². The molecular formula is C13H17FN2O2S. The molecule has 2 N–H and O–H groups in total. The highest BCUT2D eigenvalue weighted by molar-refractivity contribution is 7.80. The molecule has 0 bridgehead atoms. The maximum absolute atomic E-state index is 13.3. The number of halogens is 1. The molecule has 104 valence electrons. The molecule has 0 spiro atoms. The van der Waals surface area contributed by atoms with Gasteiger partial charge in [-0.15, -0.1) is 0 Å². The third kappa shape index (κ3) is 5.76. The van der Waals surface area contributed by atoms with Crippen molar-refractivity contribution in [1.29, 1.82) is 0 Å². The first-order chi connectivity index (χ1) is 9.00. The fraction of sp³-hybridized carbons (Fsp3) is 0.385. The Hall–Kier alpha value is -1.53. The zero-order valence-electron chi connectivity index (χ0n) is 10.8. The number of carbonyl (C=O) groups excluding carboxylic acids is 1. The minimum absolute atomic E-state index is 0.0710. The molecule has 1 rings (SSSR count). The van der Waals surface area contributed by atoms with Gasteiger partial charge >= 0.3 is 0 Å². The smallest absolute Gasteiger partial charge is 0.248 e. The molecular weight excluding hydrogens is 267 g/mol. The molecule has 0 aliphatic heterocycles. The Morgan fingerprint density at radius 1 is 1.47 bits per heavy atom. The van der Waals surface area contributed by atoms with Crippen molar-refractivity contribution < 1.29 is 13.9 Å². The summed E-state index contributed by atoms with van der Waals surface area (Å²) in [5, 5.41) is 0. The van der Waals surface area contributed by atoms with Gasteiger partial charge in [-0.1, -0.05) is 30.4 Å². The van der Waals surface area contributed by atoms with E-state index in [0.29, 0.717) is 23.5 Å². The Kier molecular flexibility index (Phi) is 6.38. The lowest BCUT2D eigenvalue weighted by molar-refractivity contribution is -0.135. The second-order valence-corrected chi connectivity index (χ2v) is 4.64. The lowest BCUT2D eigenvalue weighted by Gasteiger charge is -2.16. The van der Waals surface area contributed by atoms with Crippen LogP contribution in [0.25, 0.3) is 0 Å². The Balaban J connectivity index is 2.31. The zero-order valence-corrected chi connectivity index (χ0v) is 11.6. The van der Waals surface area contributed by atoms with Crippen LogP contribution in [0.3, 0.4) is 0 Å². The number of thiocarbonyl (C=S) groups is 1. The number of likely N-dealkylation sites (N-methyl/N-ethyl adjacent to an activating group) is 1. The van der Waals surface area contributed by atoms with Crippen LogP contribution in [-0.4, -0.2) is 36.0 Å². The van der Waals surface area contributed by atoms with Crippen molar-refractivity contribution in [2.75, 3.05) is 20.2 Å². The van der Waals surface area contributed by atoms with Gasteiger partial charge in [-0.3, -0.25) is 4.79 Å². The van der Waals surface area contributed by atoms with Gasteiger partial charge in [0.2, 0.25) is 5.91 Å². The quantitative estimate of drug-likeness (QED) is 0.771. The van der Waals surface area contributed by atoms with Crippen molar-refractivity contribution in [3.05, 3.63) is 35.6 Å². The van der Waals surface area contributed by atoms with Gasteiger partial charge in [-0.2, -0.15) is 0 Å². The highest BCUT2D eigenvalue weighted by Crippen LogP contribution is 2.07. The van der Waals surface area contributed by atoms with Crippen molar-refractivity contribution in [1.82, 2.24) is 4.90 Å². The Bertz CT molecular complexity index is 454. The molecule has 4 nitrogen and oxygen atoms in total. The van der Waals surface area contributed by atoms with Gasteiger partial charge in [-0.25, -0.2) is 4.39 Å². The maximum atomic E-state index is 13.3. The van der Waals surface area contributed by atoms with Crippen molar-refractivity contribution in [3.63, 3.8) is 0 Å². The molecule has 0 atom stereocenters. The largest absolute Gasteiger partial charge is 0.393 e. The Labute approximate surface area is 117 Å². The first kappa shape index (κ1) is 15.5. The fourth-order valence-corrected chi connectivity index (χ4v) is 1.47. The van der Waals surface area contributed by atoms with Gasteiger partial charge in [0, 0.05) is 25.6 Å². The number of hydrogen-bond acceptors (Lipinski definition) is 3. The van der Waals surface area contributed by atoms with Crippen molar-refractivity contribution in [3.8, 4) is 0 Å². The van der Waals surface area contributed by atoms with Gasteiger partial charge in [0.1, 0.15) is 12.4 Å². The predicted molar refractivity (Wildman–Crippen MR) is 75.1 cm³/mol. The van der Waals surface area contributed by atoms with E-state index in [1.165, 1.54) is 11.0 Å². The molecule has 6 heteroatoms. The summed E-state index contributed by atoms with van der Waals surface area (Å²) in [6, 6.07) is 6.30.